The minimum atomic E-state index is 0.293. The molecule has 106 valence electrons. The predicted molar refractivity (Wildman–Crippen MR) is 84.6 cm³/mol. The fourth-order valence-electron chi connectivity index (χ4n) is 2.13. The lowest BCUT2D eigenvalue weighted by Gasteiger charge is -2.18. The highest BCUT2D eigenvalue weighted by atomic mass is 35.5. The van der Waals surface area contributed by atoms with Gasteiger partial charge in [0.05, 0.1) is 0 Å². The highest BCUT2D eigenvalue weighted by Crippen LogP contribution is 2.17. The Morgan fingerprint density at radius 1 is 1.10 bits per heavy atom. The molecule has 0 saturated heterocycles. The van der Waals surface area contributed by atoms with Gasteiger partial charge in [0.1, 0.15) is 12.4 Å². The standard InChI is InChI=1S/C17H20ClNO/c1-2-19-16(11-14-7-4-3-5-8-14)13-20-17-10-6-9-15(18)12-17/h3-10,12,16,19H,2,11,13H2,1H3. The van der Waals surface area contributed by atoms with Crippen LogP contribution in [0.25, 0.3) is 0 Å². The Balaban J connectivity index is 1.92. The topological polar surface area (TPSA) is 21.3 Å². The van der Waals surface area contributed by atoms with Gasteiger partial charge in [0.2, 0.25) is 0 Å². The van der Waals surface area contributed by atoms with Gasteiger partial charge < -0.3 is 10.1 Å². The van der Waals surface area contributed by atoms with Crippen LogP contribution >= 0.6 is 11.6 Å². The lowest BCUT2D eigenvalue weighted by molar-refractivity contribution is 0.265. The van der Waals surface area contributed by atoms with Crippen LogP contribution in [0.2, 0.25) is 5.02 Å². The van der Waals surface area contributed by atoms with Gasteiger partial charge in [-0.3, -0.25) is 0 Å². The second-order valence-corrected chi connectivity index (χ2v) is 5.15. The van der Waals surface area contributed by atoms with Crippen LogP contribution in [0, 0.1) is 0 Å². The van der Waals surface area contributed by atoms with Gasteiger partial charge in [-0.25, -0.2) is 0 Å². The SMILES string of the molecule is CCNC(COc1cccc(Cl)c1)Cc1ccccc1. The molecule has 0 saturated carbocycles. The summed E-state index contributed by atoms with van der Waals surface area (Å²) >= 11 is 5.96. The molecule has 0 aliphatic heterocycles. The van der Waals surface area contributed by atoms with Gasteiger partial charge in [-0.05, 0) is 36.7 Å². The maximum atomic E-state index is 5.96. The average Bonchev–Trinajstić information content (AvgIpc) is 2.46. The van der Waals surface area contributed by atoms with Crippen molar-refractivity contribution in [2.75, 3.05) is 13.2 Å². The minimum Gasteiger partial charge on any atom is -0.492 e. The molecule has 1 unspecified atom stereocenters. The maximum absolute atomic E-state index is 5.96. The van der Waals surface area contributed by atoms with Crippen LogP contribution in [-0.2, 0) is 6.42 Å². The number of hydrogen-bond donors (Lipinski definition) is 1. The fourth-order valence-corrected chi connectivity index (χ4v) is 2.31. The first-order valence-electron chi connectivity index (χ1n) is 6.93. The first-order valence-corrected chi connectivity index (χ1v) is 7.31. The average molecular weight is 290 g/mol. The molecular weight excluding hydrogens is 270 g/mol. The van der Waals surface area contributed by atoms with E-state index in [4.69, 9.17) is 16.3 Å². The molecule has 0 amide bonds. The minimum absolute atomic E-state index is 0.293. The van der Waals surface area contributed by atoms with Gasteiger partial charge in [0.15, 0.2) is 0 Å². The van der Waals surface area contributed by atoms with E-state index >= 15 is 0 Å². The van der Waals surface area contributed by atoms with Crippen LogP contribution in [0.1, 0.15) is 12.5 Å². The first-order chi connectivity index (χ1) is 9.78. The number of ether oxygens (including phenoxy) is 1. The third kappa shape index (κ3) is 4.87. The van der Waals surface area contributed by atoms with Crippen LogP contribution in [0.4, 0.5) is 0 Å². The van der Waals surface area contributed by atoms with Gasteiger partial charge in [0, 0.05) is 11.1 Å². The molecule has 2 aromatic rings. The molecule has 0 fully saturated rings. The summed E-state index contributed by atoms with van der Waals surface area (Å²) in [5, 5.41) is 4.16. The third-order valence-corrected chi connectivity index (χ3v) is 3.30. The van der Waals surface area contributed by atoms with Gasteiger partial charge in [-0.1, -0.05) is 54.9 Å². The van der Waals surface area contributed by atoms with Crippen molar-refractivity contribution in [3.8, 4) is 5.75 Å². The molecule has 0 radical (unpaired) electrons. The summed E-state index contributed by atoms with van der Waals surface area (Å²) in [6.45, 7) is 3.66. The lowest BCUT2D eigenvalue weighted by Crippen LogP contribution is -2.36. The number of benzene rings is 2. The lowest BCUT2D eigenvalue weighted by atomic mass is 10.1. The predicted octanol–water partition coefficient (Wildman–Crippen LogP) is 3.94. The quantitative estimate of drug-likeness (QED) is 0.833. The molecule has 0 aliphatic carbocycles. The second-order valence-electron chi connectivity index (χ2n) is 4.71. The first kappa shape index (κ1) is 14.9. The summed E-state index contributed by atoms with van der Waals surface area (Å²) in [6.07, 6.45) is 0.954. The van der Waals surface area contributed by atoms with E-state index in [1.807, 2.05) is 30.3 Å². The zero-order valence-corrected chi connectivity index (χ0v) is 12.4. The van der Waals surface area contributed by atoms with E-state index in [0.717, 1.165) is 18.7 Å². The van der Waals surface area contributed by atoms with Crippen molar-refractivity contribution in [1.29, 1.82) is 0 Å². The summed E-state index contributed by atoms with van der Waals surface area (Å²) in [4.78, 5) is 0. The van der Waals surface area contributed by atoms with Crippen molar-refractivity contribution < 1.29 is 4.74 Å². The summed E-state index contributed by atoms with van der Waals surface area (Å²) in [7, 11) is 0. The van der Waals surface area contributed by atoms with E-state index in [9.17, 15) is 0 Å². The summed E-state index contributed by atoms with van der Waals surface area (Å²) < 4.78 is 5.83. The van der Waals surface area contributed by atoms with Crippen molar-refractivity contribution in [3.05, 3.63) is 65.2 Å². The summed E-state index contributed by atoms with van der Waals surface area (Å²) in [5.41, 5.74) is 1.31. The van der Waals surface area contributed by atoms with E-state index < -0.39 is 0 Å². The van der Waals surface area contributed by atoms with Crippen molar-refractivity contribution >= 4 is 11.6 Å². The summed E-state index contributed by atoms with van der Waals surface area (Å²) in [6, 6.07) is 18.3. The summed E-state index contributed by atoms with van der Waals surface area (Å²) in [5.74, 6) is 0.813. The fraction of sp³-hybridized carbons (Fsp3) is 0.294. The zero-order valence-electron chi connectivity index (χ0n) is 11.7. The zero-order chi connectivity index (χ0) is 14.2. The largest absolute Gasteiger partial charge is 0.492 e. The van der Waals surface area contributed by atoms with Crippen molar-refractivity contribution in [2.45, 2.75) is 19.4 Å². The molecule has 2 rings (SSSR count). The van der Waals surface area contributed by atoms with Crippen LogP contribution in [0.5, 0.6) is 5.75 Å². The highest BCUT2D eigenvalue weighted by molar-refractivity contribution is 6.30. The van der Waals surface area contributed by atoms with E-state index in [0.29, 0.717) is 17.7 Å². The number of rotatable bonds is 7. The molecular formula is C17H20ClNO. The number of likely N-dealkylation sites (N-methyl/N-ethyl adjacent to an activating group) is 1. The molecule has 20 heavy (non-hydrogen) atoms. The van der Waals surface area contributed by atoms with Crippen LogP contribution in [-0.4, -0.2) is 19.2 Å². The maximum Gasteiger partial charge on any atom is 0.120 e. The molecule has 2 aromatic carbocycles. The normalized spacial score (nSPS) is 12.1. The Labute approximate surface area is 125 Å². The van der Waals surface area contributed by atoms with Gasteiger partial charge in [0.25, 0.3) is 0 Å². The van der Waals surface area contributed by atoms with Crippen molar-refractivity contribution in [1.82, 2.24) is 5.32 Å². The van der Waals surface area contributed by atoms with E-state index in [1.165, 1.54) is 5.56 Å². The third-order valence-electron chi connectivity index (χ3n) is 3.06. The van der Waals surface area contributed by atoms with E-state index in [2.05, 4.69) is 36.5 Å². The van der Waals surface area contributed by atoms with Gasteiger partial charge >= 0.3 is 0 Å². The number of nitrogens with one attached hydrogen (secondary N) is 1. The Kier molecular flexibility index (Phi) is 5.90. The Morgan fingerprint density at radius 2 is 1.90 bits per heavy atom. The highest BCUT2D eigenvalue weighted by Gasteiger charge is 2.09. The van der Waals surface area contributed by atoms with Crippen LogP contribution in [0.15, 0.2) is 54.6 Å². The monoisotopic (exact) mass is 289 g/mol. The molecule has 1 N–H and O–H groups in total. The molecule has 0 aromatic heterocycles. The van der Waals surface area contributed by atoms with Crippen LogP contribution in [0.3, 0.4) is 0 Å². The molecule has 1 atom stereocenters. The molecule has 0 heterocycles. The van der Waals surface area contributed by atoms with Crippen molar-refractivity contribution in [2.24, 2.45) is 0 Å². The molecule has 0 aliphatic rings. The smallest absolute Gasteiger partial charge is 0.120 e. The van der Waals surface area contributed by atoms with Crippen molar-refractivity contribution in [3.63, 3.8) is 0 Å². The Hall–Kier alpha value is -1.51. The van der Waals surface area contributed by atoms with E-state index in [1.54, 1.807) is 0 Å². The molecule has 2 nitrogen and oxygen atoms in total. The molecule has 0 bridgehead atoms. The Morgan fingerprint density at radius 3 is 2.60 bits per heavy atom. The molecule has 0 spiro atoms. The number of hydrogen-bond acceptors (Lipinski definition) is 2. The number of halogens is 1. The van der Waals surface area contributed by atoms with Gasteiger partial charge in [-0.2, -0.15) is 0 Å². The second kappa shape index (κ2) is 7.93. The Bertz CT molecular complexity index is 515. The van der Waals surface area contributed by atoms with E-state index in [-0.39, 0.29) is 0 Å². The molecule has 3 heteroatoms. The van der Waals surface area contributed by atoms with Gasteiger partial charge in [-0.15, -0.1) is 0 Å². The van der Waals surface area contributed by atoms with Crippen LogP contribution < -0.4 is 10.1 Å².